The van der Waals surface area contributed by atoms with Crippen molar-refractivity contribution in [1.82, 2.24) is 0 Å². The van der Waals surface area contributed by atoms with Gasteiger partial charge in [-0.25, -0.2) is 4.39 Å². The van der Waals surface area contributed by atoms with Crippen LogP contribution in [0.4, 0.5) is 10.1 Å². The van der Waals surface area contributed by atoms with Gasteiger partial charge in [-0.3, -0.25) is 4.79 Å². The molecule has 0 spiro atoms. The molecule has 0 saturated heterocycles. The summed E-state index contributed by atoms with van der Waals surface area (Å²) >= 11 is 11.8. The molecule has 24 heavy (non-hydrogen) atoms. The Balaban J connectivity index is 1.85. The van der Waals surface area contributed by atoms with Gasteiger partial charge in [-0.05, 0) is 48.9 Å². The minimum absolute atomic E-state index is 0.0290. The predicted octanol–water partition coefficient (Wildman–Crippen LogP) is 5.95. The van der Waals surface area contributed by atoms with Gasteiger partial charge in [0.1, 0.15) is 11.6 Å². The average Bonchev–Trinajstić information content (AvgIpc) is 3.02. The molecule has 0 radical (unpaired) electrons. The molecule has 6 heteroatoms. The van der Waals surface area contributed by atoms with Crippen molar-refractivity contribution in [2.75, 3.05) is 5.32 Å². The van der Waals surface area contributed by atoms with Crippen molar-refractivity contribution in [3.63, 3.8) is 0 Å². The zero-order chi connectivity index (χ0) is 17.3. The number of hydrogen-bond donors (Lipinski definition) is 1. The van der Waals surface area contributed by atoms with Crippen molar-refractivity contribution in [2.24, 2.45) is 0 Å². The van der Waals surface area contributed by atoms with Crippen molar-refractivity contribution in [3.05, 3.63) is 75.7 Å². The second kappa shape index (κ2) is 6.67. The van der Waals surface area contributed by atoms with E-state index in [1.165, 1.54) is 18.2 Å². The SMILES string of the molecule is Cc1c(Cl)cccc1-c1ccc(C(=O)Nc2ccc(Cl)cc2F)o1. The van der Waals surface area contributed by atoms with E-state index in [1.807, 2.05) is 13.0 Å². The molecule has 0 aliphatic carbocycles. The summed E-state index contributed by atoms with van der Waals surface area (Å²) in [5.74, 6) is -0.592. The summed E-state index contributed by atoms with van der Waals surface area (Å²) in [7, 11) is 0. The third kappa shape index (κ3) is 3.30. The fourth-order valence-corrected chi connectivity index (χ4v) is 2.59. The second-order valence-corrected chi connectivity index (χ2v) is 6.00. The van der Waals surface area contributed by atoms with Crippen LogP contribution >= 0.6 is 23.2 Å². The number of furan rings is 1. The topological polar surface area (TPSA) is 42.2 Å². The van der Waals surface area contributed by atoms with Crippen molar-refractivity contribution in [1.29, 1.82) is 0 Å². The standard InChI is InChI=1S/C18H12Cl2FNO2/c1-10-12(3-2-4-13(10)20)16-7-8-17(24-16)18(23)22-15-6-5-11(19)9-14(15)21/h2-9H,1H3,(H,22,23). The lowest BCUT2D eigenvalue weighted by Gasteiger charge is -2.06. The zero-order valence-corrected chi connectivity index (χ0v) is 14.1. The quantitative estimate of drug-likeness (QED) is 0.624. The maximum absolute atomic E-state index is 13.7. The van der Waals surface area contributed by atoms with Crippen LogP contribution in [-0.2, 0) is 0 Å². The van der Waals surface area contributed by atoms with Gasteiger partial charge in [-0.2, -0.15) is 0 Å². The molecule has 1 amide bonds. The lowest BCUT2D eigenvalue weighted by molar-refractivity contribution is 0.0997. The molecule has 0 bridgehead atoms. The van der Waals surface area contributed by atoms with Gasteiger partial charge in [0.05, 0.1) is 5.69 Å². The first kappa shape index (κ1) is 16.6. The zero-order valence-electron chi connectivity index (χ0n) is 12.6. The number of halogens is 3. The van der Waals surface area contributed by atoms with Crippen LogP contribution in [0.15, 0.2) is 52.9 Å². The van der Waals surface area contributed by atoms with Crippen LogP contribution in [0.3, 0.4) is 0 Å². The van der Waals surface area contributed by atoms with E-state index < -0.39 is 11.7 Å². The van der Waals surface area contributed by atoms with Crippen LogP contribution in [0, 0.1) is 12.7 Å². The van der Waals surface area contributed by atoms with E-state index in [-0.39, 0.29) is 16.5 Å². The normalized spacial score (nSPS) is 10.7. The highest BCUT2D eigenvalue weighted by atomic mass is 35.5. The summed E-state index contributed by atoms with van der Waals surface area (Å²) in [6.45, 7) is 1.86. The number of hydrogen-bond acceptors (Lipinski definition) is 2. The van der Waals surface area contributed by atoms with Crippen molar-refractivity contribution in [2.45, 2.75) is 6.92 Å². The molecule has 0 saturated carbocycles. The van der Waals surface area contributed by atoms with E-state index in [2.05, 4.69) is 5.32 Å². The lowest BCUT2D eigenvalue weighted by atomic mass is 10.1. The van der Waals surface area contributed by atoms with Crippen molar-refractivity contribution < 1.29 is 13.6 Å². The van der Waals surface area contributed by atoms with E-state index in [4.69, 9.17) is 27.6 Å². The second-order valence-electron chi connectivity index (χ2n) is 5.15. The summed E-state index contributed by atoms with van der Waals surface area (Å²) in [5.41, 5.74) is 1.67. The number of nitrogens with one attached hydrogen (secondary N) is 1. The van der Waals surface area contributed by atoms with Crippen LogP contribution < -0.4 is 5.32 Å². The summed E-state index contributed by atoms with van der Waals surface area (Å²) < 4.78 is 19.3. The molecule has 1 N–H and O–H groups in total. The lowest BCUT2D eigenvalue weighted by Crippen LogP contribution is -2.12. The van der Waals surface area contributed by atoms with Crippen molar-refractivity contribution >= 4 is 34.8 Å². The van der Waals surface area contributed by atoms with Gasteiger partial charge in [-0.15, -0.1) is 0 Å². The van der Waals surface area contributed by atoms with Crippen LogP contribution in [0.1, 0.15) is 16.1 Å². The molecule has 0 atom stereocenters. The number of rotatable bonds is 3. The smallest absolute Gasteiger partial charge is 0.291 e. The van der Waals surface area contributed by atoms with Crippen molar-refractivity contribution in [3.8, 4) is 11.3 Å². The molecule has 122 valence electrons. The fourth-order valence-electron chi connectivity index (χ4n) is 2.25. The summed E-state index contributed by atoms with van der Waals surface area (Å²) in [5, 5.41) is 3.31. The third-order valence-corrected chi connectivity index (χ3v) is 4.19. The maximum atomic E-state index is 13.7. The molecule has 3 nitrogen and oxygen atoms in total. The van der Waals surface area contributed by atoms with Crippen LogP contribution in [0.5, 0.6) is 0 Å². The monoisotopic (exact) mass is 363 g/mol. The molecule has 3 aromatic rings. The first-order valence-electron chi connectivity index (χ1n) is 7.07. The fraction of sp³-hybridized carbons (Fsp3) is 0.0556. The van der Waals surface area contributed by atoms with Crippen LogP contribution in [-0.4, -0.2) is 5.91 Å². The Morgan fingerprint density at radius 2 is 1.92 bits per heavy atom. The highest BCUT2D eigenvalue weighted by Gasteiger charge is 2.16. The molecule has 1 heterocycles. The van der Waals surface area contributed by atoms with Gasteiger partial charge in [-0.1, -0.05) is 35.3 Å². The van der Waals surface area contributed by atoms with Gasteiger partial charge >= 0.3 is 0 Å². The largest absolute Gasteiger partial charge is 0.451 e. The Morgan fingerprint density at radius 3 is 2.67 bits per heavy atom. The molecule has 2 aromatic carbocycles. The average molecular weight is 364 g/mol. The van der Waals surface area contributed by atoms with Gasteiger partial charge in [0.25, 0.3) is 5.91 Å². The summed E-state index contributed by atoms with van der Waals surface area (Å²) in [6.07, 6.45) is 0. The molecular weight excluding hydrogens is 352 g/mol. The molecule has 0 fully saturated rings. The van der Waals surface area contributed by atoms with E-state index in [9.17, 15) is 9.18 Å². The Hall–Kier alpha value is -2.30. The van der Waals surface area contributed by atoms with E-state index in [0.29, 0.717) is 10.8 Å². The van der Waals surface area contributed by atoms with Crippen LogP contribution in [0.25, 0.3) is 11.3 Å². The van der Waals surface area contributed by atoms with E-state index in [0.717, 1.165) is 17.2 Å². The van der Waals surface area contributed by atoms with Gasteiger partial charge in [0.2, 0.25) is 0 Å². The molecule has 0 unspecified atom stereocenters. The Labute approximate surface area is 148 Å². The minimum atomic E-state index is -0.617. The van der Waals surface area contributed by atoms with Gasteiger partial charge in [0, 0.05) is 15.6 Å². The van der Waals surface area contributed by atoms with E-state index >= 15 is 0 Å². The van der Waals surface area contributed by atoms with Gasteiger partial charge in [0.15, 0.2) is 5.76 Å². The highest BCUT2D eigenvalue weighted by Crippen LogP contribution is 2.30. The number of carbonyl (C=O) groups excluding carboxylic acids is 1. The number of amides is 1. The Bertz CT molecular complexity index is 921. The maximum Gasteiger partial charge on any atom is 0.291 e. The number of anilines is 1. The summed E-state index contributed by atoms with van der Waals surface area (Å²) in [4.78, 5) is 12.2. The minimum Gasteiger partial charge on any atom is -0.451 e. The van der Waals surface area contributed by atoms with E-state index in [1.54, 1.807) is 18.2 Å². The third-order valence-electron chi connectivity index (χ3n) is 3.54. The Morgan fingerprint density at radius 1 is 1.12 bits per heavy atom. The highest BCUT2D eigenvalue weighted by molar-refractivity contribution is 6.31. The number of carbonyl (C=O) groups is 1. The molecule has 3 rings (SSSR count). The van der Waals surface area contributed by atoms with Crippen LogP contribution in [0.2, 0.25) is 10.0 Å². The molecule has 0 aliphatic rings. The summed E-state index contributed by atoms with van der Waals surface area (Å²) in [6, 6.07) is 12.6. The molecule has 0 aliphatic heterocycles. The Kier molecular flexibility index (Phi) is 4.60. The predicted molar refractivity (Wildman–Crippen MR) is 93.3 cm³/mol. The molecular formula is C18H12Cl2FNO2. The first-order chi connectivity index (χ1) is 11.5. The van der Waals surface area contributed by atoms with Gasteiger partial charge < -0.3 is 9.73 Å². The first-order valence-corrected chi connectivity index (χ1v) is 7.83. The molecule has 1 aromatic heterocycles. The number of benzene rings is 2.